The van der Waals surface area contributed by atoms with E-state index in [0.717, 1.165) is 5.69 Å². The number of fused-ring (bicyclic) bond motifs is 8. The predicted octanol–water partition coefficient (Wildman–Crippen LogP) is 11.7. The average molecular weight is 631 g/mol. The molecule has 2 aromatic heterocycles. The van der Waals surface area contributed by atoms with Crippen LogP contribution in [0.1, 0.15) is 0 Å². The first-order valence-corrected chi connectivity index (χ1v) is 17.0. The third kappa shape index (κ3) is 4.12. The molecule has 9 rings (SSSR count). The molecule has 202 valence electrons. The van der Waals surface area contributed by atoms with E-state index in [0.29, 0.717) is 0 Å². The quantitative estimate of drug-likeness (QED) is 0.175. The van der Waals surface area contributed by atoms with Crippen LogP contribution < -0.4 is 4.90 Å². The standard InChI is InChI=1S/C40H25NSSe/c1-2-9-26(10-3-1)28-12-8-13-29(23-28)41(30-18-21-34-33-15-6-7-16-37(33)42-38(34)24-30)31-19-22-35-36-20-17-27-11-4-5-14-32(27)40(36)43-39(35)25-31/h1-25H. The fraction of sp³-hybridized carbons (Fsp3) is 0. The Balaban J connectivity index is 1.26. The van der Waals surface area contributed by atoms with Gasteiger partial charge in [0, 0.05) is 0 Å². The van der Waals surface area contributed by atoms with Crippen LogP contribution >= 0.6 is 11.3 Å². The van der Waals surface area contributed by atoms with E-state index in [1.54, 1.807) is 0 Å². The molecule has 0 bridgehead atoms. The Labute approximate surface area is 259 Å². The molecular formula is C40H25NSSe. The molecule has 0 atom stereocenters. The maximum absolute atomic E-state index is 2.44. The molecule has 0 saturated carbocycles. The fourth-order valence-electron chi connectivity index (χ4n) is 6.39. The summed E-state index contributed by atoms with van der Waals surface area (Å²) in [7, 11) is 0. The van der Waals surface area contributed by atoms with E-state index in [-0.39, 0.29) is 14.5 Å². The van der Waals surface area contributed by atoms with Crippen molar-refractivity contribution in [3.63, 3.8) is 0 Å². The van der Waals surface area contributed by atoms with Crippen molar-refractivity contribution in [2.24, 2.45) is 0 Å². The van der Waals surface area contributed by atoms with E-state index in [2.05, 4.69) is 157 Å². The zero-order valence-electron chi connectivity index (χ0n) is 23.2. The molecule has 2 heterocycles. The Bertz CT molecular complexity index is 2470. The van der Waals surface area contributed by atoms with Gasteiger partial charge in [-0.05, 0) is 0 Å². The van der Waals surface area contributed by atoms with Crippen LogP contribution in [0.4, 0.5) is 17.1 Å². The first-order chi connectivity index (χ1) is 21.3. The molecule has 0 aliphatic carbocycles. The second kappa shape index (κ2) is 9.97. The van der Waals surface area contributed by atoms with Gasteiger partial charge in [0.15, 0.2) is 0 Å². The number of hydrogen-bond donors (Lipinski definition) is 0. The molecule has 0 saturated heterocycles. The molecular weight excluding hydrogens is 605 g/mol. The van der Waals surface area contributed by atoms with Crippen molar-refractivity contribution < 1.29 is 0 Å². The summed E-state index contributed by atoms with van der Waals surface area (Å²) in [4.78, 5) is 2.44. The number of thiophene rings is 1. The minimum atomic E-state index is 0.245. The fourth-order valence-corrected chi connectivity index (χ4v) is 10.2. The topological polar surface area (TPSA) is 3.24 Å². The summed E-state index contributed by atoms with van der Waals surface area (Å²) in [6.07, 6.45) is 0. The van der Waals surface area contributed by atoms with Gasteiger partial charge in [0.2, 0.25) is 0 Å². The van der Waals surface area contributed by atoms with Crippen molar-refractivity contribution in [1.82, 2.24) is 0 Å². The zero-order chi connectivity index (χ0) is 28.3. The van der Waals surface area contributed by atoms with Gasteiger partial charge in [-0.1, -0.05) is 0 Å². The van der Waals surface area contributed by atoms with Crippen LogP contribution in [0.2, 0.25) is 0 Å². The van der Waals surface area contributed by atoms with Crippen LogP contribution in [0, 0.1) is 0 Å². The van der Waals surface area contributed by atoms with Gasteiger partial charge >= 0.3 is 261 Å². The minimum absolute atomic E-state index is 0.245. The maximum atomic E-state index is 2.44. The van der Waals surface area contributed by atoms with Crippen molar-refractivity contribution in [2.75, 3.05) is 4.90 Å². The molecule has 0 fully saturated rings. The second-order valence-electron chi connectivity index (χ2n) is 11.0. The summed E-state index contributed by atoms with van der Waals surface area (Å²) >= 11 is 2.12. The Morgan fingerprint density at radius 2 is 1.09 bits per heavy atom. The number of hydrogen-bond acceptors (Lipinski definition) is 2. The van der Waals surface area contributed by atoms with Crippen LogP contribution in [0.5, 0.6) is 0 Å². The Hall–Kier alpha value is -4.66. The molecule has 0 unspecified atom stereocenters. The number of rotatable bonds is 4. The predicted molar refractivity (Wildman–Crippen MR) is 189 cm³/mol. The normalized spacial score (nSPS) is 11.7. The molecule has 0 amide bonds. The summed E-state index contributed by atoms with van der Waals surface area (Å²) < 4.78 is 5.59. The van der Waals surface area contributed by atoms with Crippen molar-refractivity contribution in [3.05, 3.63) is 152 Å². The van der Waals surface area contributed by atoms with Crippen molar-refractivity contribution in [2.45, 2.75) is 0 Å². The SMILES string of the molecule is c1ccc(-c2cccc(N(c3ccc4c(c3)sc3ccccc34)c3ccc4c(c3)[se]c3c5ccccc5ccc43)c2)cc1. The summed E-state index contributed by atoms with van der Waals surface area (Å²) in [5, 5.41) is 8.14. The van der Waals surface area contributed by atoms with Crippen LogP contribution in [0.3, 0.4) is 0 Å². The summed E-state index contributed by atoms with van der Waals surface area (Å²) in [6, 6.07) is 55.8. The molecule has 7 aromatic carbocycles. The molecule has 3 heteroatoms. The van der Waals surface area contributed by atoms with E-state index < -0.39 is 0 Å². The van der Waals surface area contributed by atoms with E-state index in [1.165, 1.54) is 72.7 Å². The Morgan fingerprint density at radius 1 is 0.419 bits per heavy atom. The van der Waals surface area contributed by atoms with Gasteiger partial charge in [0.05, 0.1) is 0 Å². The van der Waals surface area contributed by atoms with Crippen molar-refractivity contribution in [3.8, 4) is 11.1 Å². The van der Waals surface area contributed by atoms with Crippen LogP contribution in [0.25, 0.3) is 61.4 Å². The first-order valence-electron chi connectivity index (χ1n) is 14.5. The average Bonchev–Trinajstić information content (AvgIpc) is 3.63. The van der Waals surface area contributed by atoms with Crippen LogP contribution in [-0.4, -0.2) is 14.5 Å². The summed E-state index contributed by atoms with van der Waals surface area (Å²) in [5.41, 5.74) is 5.98. The van der Waals surface area contributed by atoms with Gasteiger partial charge < -0.3 is 0 Å². The van der Waals surface area contributed by atoms with Gasteiger partial charge in [-0.2, -0.15) is 0 Å². The van der Waals surface area contributed by atoms with E-state index in [1.807, 2.05) is 11.3 Å². The number of anilines is 3. The van der Waals surface area contributed by atoms with Gasteiger partial charge in [-0.15, -0.1) is 0 Å². The van der Waals surface area contributed by atoms with Gasteiger partial charge in [-0.3, -0.25) is 0 Å². The van der Waals surface area contributed by atoms with E-state index in [9.17, 15) is 0 Å². The van der Waals surface area contributed by atoms with Crippen molar-refractivity contribution >= 4 is 93.1 Å². The first kappa shape index (κ1) is 24.9. The third-order valence-electron chi connectivity index (χ3n) is 8.44. The number of nitrogens with zero attached hydrogens (tertiary/aromatic N) is 1. The molecule has 0 N–H and O–H groups in total. The molecule has 0 spiro atoms. The van der Waals surface area contributed by atoms with Gasteiger partial charge in [0.25, 0.3) is 0 Å². The van der Waals surface area contributed by atoms with E-state index in [4.69, 9.17) is 0 Å². The molecule has 0 aliphatic rings. The monoisotopic (exact) mass is 631 g/mol. The Morgan fingerprint density at radius 3 is 2.00 bits per heavy atom. The molecule has 0 aliphatic heterocycles. The van der Waals surface area contributed by atoms with Gasteiger partial charge in [-0.25, -0.2) is 0 Å². The second-order valence-corrected chi connectivity index (χ2v) is 14.3. The summed E-state index contributed by atoms with van der Waals surface area (Å²) in [6.45, 7) is 0. The summed E-state index contributed by atoms with van der Waals surface area (Å²) in [5.74, 6) is 0. The molecule has 43 heavy (non-hydrogen) atoms. The molecule has 1 nitrogen and oxygen atoms in total. The van der Waals surface area contributed by atoms with Gasteiger partial charge in [0.1, 0.15) is 0 Å². The van der Waals surface area contributed by atoms with Crippen LogP contribution in [0.15, 0.2) is 152 Å². The van der Waals surface area contributed by atoms with Crippen molar-refractivity contribution in [1.29, 1.82) is 0 Å². The number of benzene rings is 7. The Kier molecular flexibility index (Phi) is 5.77. The third-order valence-corrected chi connectivity index (χ3v) is 12.1. The molecule has 9 aromatic rings. The van der Waals surface area contributed by atoms with Crippen LogP contribution in [-0.2, 0) is 0 Å². The molecule has 0 radical (unpaired) electrons. The van der Waals surface area contributed by atoms with E-state index >= 15 is 0 Å². The zero-order valence-corrected chi connectivity index (χ0v) is 25.7.